The van der Waals surface area contributed by atoms with Gasteiger partial charge in [0.05, 0.1) is 0 Å². The van der Waals surface area contributed by atoms with Gasteiger partial charge in [-0.3, -0.25) is 0 Å². The molecule has 82 valence electrons. The fraction of sp³-hybridized carbons (Fsp3) is 0.385. The second-order valence-electron chi connectivity index (χ2n) is 3.89. The van der Waals surface area contributed by atoms with Gasteiger partial charge >= 0.3 is 0 Å². The summed E-state index contributed by atoms with van der Waals surface area (Å²) in [5, 5.41) is 0. The van der Waals surface area contributed by atoms with Gasteiger partial charge in [0, 0.05) is 11.6 Å². The summed E-state index contributed by atoms with van der Waals surface area (Å²) < 4.78 is 5.71. The summed E-state index contributed by atoms with van der Waals surface area (Å²) in [5.74, 6) is 0.850. The van der Waals surface area contributed by atoms with Crippen LogP contribution in [0.2, 0.25) is 0 Å². The van der Waals surface area contributed by atoms with Gasteiger partial charge in [-0.25, -0.2) is 0 Å². The van der Waals surface area contributed by atoms with Crippen molar-refractivity contribution in [3.8, 4) is 5.75 Å². The lowest BCUT2D eigenvalue weighted by molar-refractivity contribution is 0.266. The molecule has 0 aliphatic heterocycles. The number of nitrogens with two attached hydrogens (primary N) is 1. The SMILES string of the molecule is C=CC(C)Oc1ccc(C)cc1[C@@H](C)N. The minimum Gasteiger partial charge on any atom is -0.486 e. The maximum Gasteiger partial charge on any atom is 0.124 e. The Kier molecular flexibility index (Phi) is 3.92. The van der Waals surface area contributed by atoms with E-state index < -0.39 is 0 Å². The fourth-order valence-corrected chi connectivity index (χ4v) is 1.38. The van der Waals surface area contributed by atoms with Gasteiger partial charge in [0.2, 0.25) is 0 Å². The van der Waals surface area contributed by atoms with Crippen molar-refractivity contribution in [1.82, 2.24) is 0 Å². The van der Waals surface area contributed by atoms with Crippen LogP contribution in [-0.2, 0) is 0 Å². The van der Waals surface area contributed by atoms with Crippen molar-refractivity contribution in [1.29, 1.82) is 0 Å². The molecule has 0 spiro atoms. The highest BCUT2D eigenvalue weighted by atomic mass is 16.5. The number of ether oxygens (including phenoxy) is 1. The largest absolute Gasteiger partial charge is 0.486 e. The first-order valence-electron chi connectivity index (χ1n) is 5.20. The lowest BCUT2D eigenvalue weighted by Gasteiger charge is -2.17. The molecule has 1 aromatic carbocycles. The summed E-state index contributed by atoms with van der Waals surface area (Å²) in [7, 11) is 0. The first kappa shape index (κ1) is 11.8. The minimum atomic E-state index is -0.0167. The van der Waals surface area contributed by atoms with Crippen LogP contribution in [0.3, 0.4) is 0 Å². The molecule has 1 rings (SSSR count). The molecule has 2 heteroatoms. The predicted molar refractivity (Wildman–Crippen MR) is 64.1 cm³/mol. The first-order valence-corrected chi connectivity index (χ1v) is 5.20. The lowest BCUT2D eigenvalue weighted by Crippen LogP contribution is -2.13. The van der Waals surface area contributed by atoms with Crippen LogP contribution < -0.4 is 10.5 Å². The molecule has 0 saturated carbocycles. The van der Waals surface area contributed by atoms with Gasteiger partial charge in [0.15, 0.2) is 0 Å². The van der Waals surface area contributed by atoms with E-state index >= 15 is 0 Å². The number of benzene rings is 1. The second kappa shape index (κ2) is 4.99. The maximum absolute atomic E-state index is 5.89. The van der Waals surface area contributed by atoms with Crippen LogP contribution in [0.25, 0.3) is 0 Å². The normalized spacial score (nSPS) is 14.4. The first-order chi connectivity index (χ1) is 7.04. The van der Waals surface area contributed by atoms with Crippen LogP contribution in [0.15, 0.2) is 30.9 Å². The van der Waals surface area contributed by atoms with Gasteiger partial charge in [0.25, 0.3) is 0 Å². The summed E-state index contributed by atoms with van der Waals surface area (Å²) in [4.78, 5) is 0. The molecule has 0 radical (unpaired) electrons. The molecule has 2 nitrogen and oxygen atoms in total. The highest BCUT2D eigenvalue weighted by Gasteiger charge is 2.09. The third kappa shape index (κ3) is 3.10. The van der Waals surface area contributed by atoms with E-state index in [0.29, 0.717) is 0 Å². The zero-order valence-electron chi connectivity index (χ0n) is 9.66. The standard InChI is InChI=1S/C13H19NO/c1-5-10(3)15-13-7-6-9(2)8-12(13)11(4)14/h5-8,10-11H,1,14H2,2-4H3/t10?,11-/m1/s1. The molecular formula is C13H19NO. The molecule has 0 aliphatic rings. The topological polar surface area (TPSA) is 35.2 Å². The van der Waals surface area contributed by atoms with Crippen molar-refractivity contribution in [2.75, 3.05) is 0 Å². The number of hydrogen-bond donors (Lipinski definition) is 1. The summed E-state index contributed by atoms with van der Waals surface area (Å²) in [6.45, 7) is 9.66. The third-order valence-corrected chi connectivity index (χ3v) is 2.30. The van der Waals surface area contributed by atoms with Crippen LogP contribution in [0.5, 0.6) is 5.75 Å². The Morgan fingerprint density at radius 1 is 1.40 bits per heavy atom. The van der Waals surface area contributed by atoms with Gasteiger partial charge in [-0.15, -0.1) is 0 Å². The van der Waals surface area contributed by atoms with E-state index in [1.54, 1.807) is 6.08 Å². The van der Waals surface area contributed by atoms with Gasteiger partial charge in [0.1, 0.15) is 11.9 Å². The second-order valence-corrected chi connectivity index (χ2v) is 3.89. The van der Waals surface area contributed by atoms with Crippen LogP contribution in [0.1, 0.15) is 31.0 Å². The molecule has 15 heavy (non-hydrogen) atoms. The smallest absolute Gasteiger partial charge is 0.124 e. The van der Waals surface area contributed by atoms with Crippen molar-refractivity contribution in [2.24, 2.45) is 5.73 Å². The molecule has 0 bridgehead atoms. The predicted octanol–water partition coefficient (Wildman–Crippen LogP) is 2.97. The summed E-state index contributed by atoms with van der Waals surface area (Å²) >= 11 is 0. The van der Waals surface area contributed by atoms with E-state index in [0.717, 1.165) is 11.3 Å². The highest BCUT2D eigenvalue weighted by Crippen LogP contribution is 2.25. The monoisotopic (exact) mass is 205 g/mol. The van der Waals surface area contributed by atoms with Gasteiger partial charge in [-0.1, -0.05) is 30.4 Å². The Labute approximate surface area is 91.7 Å². The Morgan fingerprint density at radius 2 is 2.07 bits per heavy atom. The van der Waals surface area contributed by atoms with Gasteiger partial charge in [-0.2, -0.15) is 0 Å². The Morgan fingerprint density at radius 3 is 2.60 bits per heavy atom. The van der Waals surface area contributed by atoms with Gasteiger partial charge < -0.3 is 10.5 Å². The number of rotatable bonds is 4. The van der Waals surface area contributed by atoms with E-state index in [4.69, 9.17) is 10.5 Å². The quantitative estimate of drug-likeness (QED) is 0.767. The average molecular weight is 205 g/mol. The molecule has 0 heterocycles. The molecule has 2 N–H and O–H groups in total. The molecule has 0 amide bonds. The highest BCUT2D eigenvalue weighted by molar-refractivity contribution is 5.39. The van der Waals surface area contributed by atoms with E-state index in [1.807, 2.05) is 32.9 Å². The summed E-state index contributed by atoms with van der Waals surface area (Å²) in [6.07, 6.45) is 1.77. The molecule has 0 fully saturated rings. The van der Waals surface area contributed by atoms with Crippen molar-refractivity contribution in [2.45, 2.75) is 32.9 Å². The van der Waals surface area contributed by atoms with E-state index in [2.05, 4.69) is 12.6 Å². The Hall–Kier alpha value is -1.28. The lowest BCUT2D eigenvalue weighted by atomic mass is 10.1. The summed E-state index contributed by atoms with van der Waals surface area (Å²) in [6, 6.07) is 6.04. The molecular weight excluding hydrogens is 186 g/mol. The molecule has 2 atom stereocenters. The van der Waals surface area contributed by atoms with Crippen molar-refractivity contribution in [3.05, 3.63) is 42.0 Å². The van der Waals surface area contributed by atoms with Crippen LogP contribution >= 0.6 is 0 Å². The Balaban J connectivity index is 3.00. The van der Waals surface area contributed by atoms with Crippen molar-refractivity contribution < 1.29 is 4.74 Å². The van der Waals surface area contributed by atoms with E-state index in [9.17, 15) is 0 Å². The minimum absolute atomic E-state index is 0.00482. The Bertz CT molecular complexity index is 344. The third-order valence-electron chi connectivity index (χ3n) is 2.30. The number of aryl methyl sites for hydroxylation is 1. The molecule has 1 unspecified atom stereocenters. The molecule has 0 aliphatic carbocycles. The maximum atomic E-state index is 5.89. The average Bonchev–Trinajstić information content (AvgIpc) is 2.20. The fourth-order valence-electron chi connectivity index (χ4n) is 1.38. The molecule has 0 aromatic heterocycles. The van der Waals surface area contributed by atoms with Crippen LogP contribution in [0.4, 0.5) is 0 Å². The summed E-state index contributed by atoms with van der Waals surface area (Å²) in [5.41, 5.74) is 8.14. The zero-order chi connectivity index (χ0) is 11.4. The van der Waals surface area contributed by atoms with Gasteiger partial charge in [-0.05, 0) is 26.8 Å². The molecule has 1 aromatic rings. The molecule has 0 saturated heterocycles. The number of hydrogen-bond acceptors (Lipinski definition) is 2. The van der Waals surface area contributed by atoms with Crippen molar-refractivity contribution in [3.63, 3.8) is 0 Å². The zero-order valence-corrected chi connectivity index (χ0v) is 9.66. The van der Waals surface area contributed by atoms with E-state index in [-0.39, 0.29) is 12.1 Å². The van der Waals surface area contributed by atoms with Crippen LogP contribution in [0, 0.1) is 6.92 Å². The van der Waals surface area contributed by atoms with E-state index in [1.165, 1.54) is 5.56 Å². The van der Waals surface area contributed by atoms with Crippen molar-refractivity contribution >= 4 is 0 Å². The van der Waals surface area contributed by atoms with Crippen LogP contribution in [-0.4, -0.2) is 6.10 Å².